The molecule has 0 amide bonds. The summed E-state index contributed by atoms with van der Waals surface area (Å²) in [6.07, 6.45) is 2.73. The minimum Gasteiger partial charge on any atom is -0.348 e. The maximum Gasteiger partial charge on any atom is 0.165 e. The van der Waals surface area contributed by atoms with Gasteiger partial charge in [-0.05, 0) is 20.3 Å². The van der Waals surface area contributed by atoms with Crippen molar-refractivity contribution < 1.29 is 19.1 Å². The van der Waals surface area contributed by atoms with E-state index in [1.54, 1.807) is 0 Å². The van der Waals surface area contributed by atoms with E-state index in [9.17, 15) is 9.59 Å². The van der Waals surface area contributed by atoms with Crippen LogP contribution in [0.2, 0.25) is 0 Å². The van der Waals surface area contributed by atoms with Gasteiger partial charge >= 0.3 is 0 Å². The van der Waals surface area contributed by atoms with Gasteiger partial charge in [-0.25, -0.2) is 0 Å². The molecule has 0 unspecified atom stereocenters. The normalized spacial score (nSPS) is 18.6. The number of carbonyl (C=O) groups is 2. The average Bonchev–Trinajstić information content (AvgIpc) is 2.62. The van der Waals surface area contributed by atoms with Crippen LogP contribution in [0.5, 0.6) is 0 Å². The molecular formula is C12H20O4. The van der Waals surface area contributed by atoms with Gasteiger partial charge in [0, 0.05) is 25.7 Å². The summed E-state index contributed by atoms with van der Waals surface area (Å²) < 4.78 is 10.9. The van der Waals surface area contributed by atoms with Crippen LogP contribution in [-0.4, -0.2) is 30.6 Å². The molecule has 4 nitrogen and oxygen atoms in total. The molecule has 92 valence electrons. The molecule has 16 heavy (non-hydrogen) atoms. The Morgan fingerprint density at radius 3 is 2.31 bits per heavy atom. The summed E-state index contributed by atoms with van der Waals surface area (Å²) >= 11 is 0. The van der Waals surface area contributed by atoms with Crippen LogP contribution in [0, 0.1) is 0 Å². The first-order valence-corrected chi connectivity index (χ1v) is 5.81. The molecule has 0 aliphatic carbocycles. The number of hydrogen-bond donors (Lipinski definition) is 0. The monoisotopic (exact) mass is 228 g/mol. The van der Waals surface area contributed by atoms with Crippen LogP contribution < -0.4 is 0 Å². The Bertz CT molecular complexity index is 254. The van der Waals surface area contributed by atoms with E-state index >= 15 is 0 Å². The molecule has 0 aromatic carbocycles. The third-order valence-corrected chi connectivity index (χ3v) is 2.74. The fourth-order valence-electron chi connectivity index (χ4n) is 1.75. The fraction of sp³-hybridized carbons (Fsp3) is 0.833. The smallest absolute Gasteiger partial charge is 0.165 e. The lowest BCUT2D eigenvalue weighted by Crippen LogP contribution is -2.25. The van der Waals surface area contributed by atoms with E-state index in [0.717, 1.165) is 12.8 Å². The molecule has 4 heteroatoms. The van der Waals surface area contributed by atoms with Crippen molar-refractivity contribution in [3.63, 3.8) is 0 Å². The summed E-state index contributed by atoms with van der Waals surface area (Å²) in [7, 11) is 0. The highest BCUT2D eigenvalue weighted by atomic mass is 16.7. The lowest BCUT2D eigenvalue weighted by molar-refractivity contribution is -0.148. The molecule has 1 fully saturated rings. The highest BCUT2D eigenvalue weighted by Crippen LogP contribution is 2.24. The van der Waals surface area contributed by atoms with Gasteiger partial charge < -0.3 is 14.3 Å². The van der Waals surface area contributed by atoms with Crippen LogP contribution in [0.3, 0.4) is 0 Å². The topological polar surface area (TPSA) is 52.6 Å². The first-order chi connectivity index (χ1) is 7.52. The second-order valence-electron chi connectivity index (χ2n) is 4.42. The molecule has 1 rings (SSSR count). The Morgan fingerprint density at radius 1 is 1.12 bits per heavy atom. The van der Waals surface area contributed by atoms with E-state index in [4.69, 9.17) is 9.47 Å². The Hall–Kier alpha value is -0.740. The molecule has 0 radical (unpaired) electrons. The van der Waals surface area contributed by atoms with Crippen LogP contribution in [0.1, 0.15) is 46.0 Å². The first kappa shape index (κ1) is 13.3. The Balaban J connectivity index is 2.10. The molecule has 0 aromatic heterocycles. The molecule has 0 bridgehead atoms. The van der Waals surface area contributed by atoms with E-state index in [1.807, 2.05) is 6.92 Å². The van der Waals surface area contributed by atoms with Crippen molar-refractivity contribution in [2.24, 2.45) is 0 Å². The van der Waals surface area contributed by atoms with E-state index in [2.05, 4.69) is 0 Å². The quantitative estimate of drug-likeness (QED) is 0.667. The molecule has 0 saturated carbocycles. The zero-order valence-electron chi connectivity index (χ0n) is 10.1. The van der Waals surface area contributed by atoms with Crippen LogP contribution in [0.25, 0.3) is 0 Å². The Kier molecular flexibility index (Phi) is 5.09. The molecule has 1 saturated heterocycles. The van der Waals surface area contributed by atoms with Crippen molar-refractivity contribution in [3.05, 3.63) is 0 Å². The Labute approximate surface area is 96.3 Å². The van der Waals surface area contributed by atoms with Crippen molar-refractivity contribution in [1.29, 1.82) is 0 Å². The van der Waals surface area contributed by atoms with E-state index in [1.165, 1.54) is 6.92 Å². The molecular weight excluding hydrogens is 208 g/mol. The summed E-state index contributed by atoms with van der Waals surface area (Å²) in [5, 5.41) is 0. The van der Waals surface area contributed by atoms with Crippen molar-refractivity contribution in [2.75, 3.05) is 13.2 Å². The van der Waals surface area contributed by atoms with Gasteiger partial charge in [0.2, 0.25) is 0 Å². The van der Waals surface area contributed by atoms with Crippen molar-refractivity contribution in [2.45, 2.75) is 51.7 Å². The minimum absolute atomic E-state index is 0.0720. The summed E-state index contributed by atoms with van der Waals surface area (Å²) in [5.41, 5.74) is 0. The maximum absolute atomic E-state index is 11.4. The van der Waals surface area contributed by atoms with Crippen LogP contribution in [-0.2, 0) is 19.1 Å². The van der Waals surface area contributed by atoms with Crippen molar-refractivity contribution in [3.8, 4) is 0 Å². The van der Waals surface area contributed by atoms with E-state index < -0.39 is 5.79 Å². The second kappa shape index (κ2) is 6.11. The number of ether oxygens (including phenoxy) is 2. The molecule has 1 heterocycles. The molecule has 0 N–H and O–H groups in total. The first-order valence-electron chi connectivity index (χ1n) is 5.81. The van der Waals surface area contributed by atoms with E-state index in [0.29, 0.717) is 32.5 Å². The van der Waals surface area contributed by atoms with Gasteiger partial charge in [0.05, 0.1) is 13.2 Å². The SMILES string of the molecule is CC(=O)CCC(=O)CCCC1(C)OCCO1. The summed E-state index contributed by atoms with van der Waals surface area (Å²) in [6, 6.07) is 0. The van der Waals surface area contributed by atoms with Gasteiger partial charge in [-0.1, -0.05) is 0 Å². The average molecular weight is 228 g/mol. The Morgan fingerprint density at radius 2 is 1.75 bits per heavy atom. The third kappa shape index (κ3) is 4.86. The van der Waals surface area contributed by atoms with Gasteiger partial charge in [0.15, 0.2) is 5.79 Å². The predicted molar refractivity (Wildman–Crippen MR) is 59.1 cm³/mol. The molecule has 0 atom stereocenters. The maximum atomic E-state index is 11.4. The minimum atomic E-state index is -0.499. The number of hydrogen-bond acceptors (Lipinski definition) is 4. The number of ketones is 2. The van der Waals surface area contributed by atoms with Gasteiger partial charge in [-0.15, -0.1) is 0 Å². The lowest BCUT2D eigenvalue weighted by atomic mass is 10.0. The van der Waals surface area contributed by atoms with Gasteiger partial charge in [0.1, 0.15) is 11.6 Å². The standard InChI is InChI=1S/C12H20O4/c1-10(13)5-6-11(14)4-3-7-12(2)15-8-9-16-12/h3-9H2,1-2H3. The van der Waals surface area contributed by atoms with Crippen molar-refractivity contribution >= 4 is 11.6 Å². The van der Waals surface area contributed by atoms with Crippen LogP contribution in [0.15, 0.2) is 0 Å². The van der Waals surface area contributed by atoms with Gasteiger partial charge in [0.25, 0.3) is 0 Å². The third-order valence-electron chi connectivity index (χ3n) is 2.74. The zero-order valence-corrected chi connectivity index (χ0v) is 10.1. The largest absolute Gasteiger partial charge is 0.348 e. The number of carbonyl (C=O) groups excluding carboxylic acids is 2. The molecule has 0 spiro atoms. The summed E-state index contributed by atoms with van der Waals surface area (Å²) in [5.74, 6) is -0.277. The second-order valence-corrected chi connectivity index (χ2v) is 4.42. The number of rotatable bonds is 7. The van der Waals surface area contributed by atoms with Gasteiger partial charge in [-0.2, -0.15) is 0 Å². The molecule has 1 aliphatic heterocycles. The van der Waals surface area contributed by atoms with Crippen molar-refractivity contribution in [1.82, 2.24) is 0 Å². The molecule has 1 aliphatic rings. The summed E-state index contributed by atoms with van der Waals surface area (Å²) in [6.45, 7) is 4.68. The van der Waals surface area contributed by atoms with Crippen LogP contribution in [0.4, 0.5) is 0 Å². The van der Waals surface area contributed by atoms with E-state index in [-0.39, 0.29) is 11.6 Å². The van der Waals surface area contributed by atoms with Gasteiger partial charge in [-0.3, -0.25) is 4.79 Å². The summed E-state index contributed by atoms with van der Waals surface area (Å²) in [4.78, 5) is 22.1. The number of Topliss-reactive ketones (excluding diaryl/α,β-unsaturated/α-hetero) is 2. The lowest BCUT2D eigenvalue weighted by Gasteiger charge is -2.21. The highest BCUT2D eigenvalue weighted by molar-refractivity contribution is 5.84. The van der Waals surface area contributed by atoms with Crippen LogP contribution >= 0.6 is 0 Å². The molecule has 0 aromatic rings. The fourth-order valence-corrected chi connectivity index (χ4v) is 1.75. The predicted octanol–water partition coefficient (Wildman–Crippen LogP) is 1.86. The highest BCUT2D eigenvalue weighted by Gasteiger charge is 2.30. The zero-order chi connectivity index (χ0) is 12.0.